The quantitative estimate of drug-likeness (QED) is 0.400. The number of benzene rings is 2. The number of hydrogen-bond donors (Lipinski definition) is 1. The van der Waals surface area contributed by atoms with E-state index in [9.17, 15) is 4.79 Å². The molecule has 2 aromatic rings. The van der Waals surface area contributed by atoms with Crippen LogP contribution in [0.4, 0.5) is 0 Å². The predicted molar refractivity (Wildman–Crippen MR) is 145 cm³/mol. The molecule has 4 heteroatoms. The van der Waals surface area contributed by atoms with Crippen molar-refractivity contribution in [3.8, 4) is 11.1 Å². The molecule has 0 radical (unpaired) electrons. The van der Waals surface area contributed by atoms with Gasteiger partial charge in [-0.1, -0.05) is 66.6 Å². The van der Waals surface area contributed by atoms with E-state index < -0.39 is 0 Å². The van der Waals surface area contributed by atoms with Crippen LogP contribution in [-0.2, 0) is 6.54 Å². The molecule has 0 unspecified atom stereocenters. The van der Waals surface area contributed by atoms with Gasteiger partial charge in [0.1, 0.15) is 0 Å². The van der Waals surface area contributed by atoms with Gasteiger partial charge in [0, 0.05) is 13.1 Å². The molecular weight excluding hydrogens is 440 g/mol. The van der Waals surface area contributed by atoms with E-state index in [1.54, 1.807) is 6.08 Å². The van der Waals surface area contributed by atoms with Gasteiger partial charge in [-0.15, -0.1) is 0 Å². The van der Waals surface area contributed by atoms with Crippen molar-refractivity contribution in [3.63, 3.8) is 0 Å². The Bertz CT molecular complexity index is 1090. The van der Waals surface area contributed by atoms with Crippen LogP contribution in [0.2, 0.25) is 5.02 Å². The minimum atomic E-state index is -0.180. The van der Waals surface area contributed by atoms with Crippen molar-refractivity contribution in [2.45, 2.75) is 53.5 Å². The van der Waals surface area contributed by atoms with Crippen molar-refractivity contribution in [1.82, 2.24) is 10.2 Å². The zero-order chi connectivity index (χ0) is 24.7. The molecule has 0 bridgehead atoms. The van der Waals surface area contributed by atoms with Crippen molar-refractivity contribution < 1.29 is 4.79 Å². The average Bonchev–Trinajstić information content (AvgIpc) is 2.81. The Kier molecular flexibility index (Phi) is 9.32. The number of likely N-dealkylation sites (tertiary alicyclic amines) is 1. The molecule has 0 atom stereocenters. The molecular formula is C30H37ClN2O. The van der Waals surface area contributed by atoms with Crippen LogP contribution in [-0.4, -0.2) is 30.4 Å². The highest BCUT2D eigenvalue weighted by Crippen LogP contribution is 2.29. The number of nitrogens with one attached hydrogen (secondary N) is 1. The second-order valence-electron chi connectivity index (χ2n) is 9.51. The van der Waals surface area contributed by atoms with Crippen LogP contribution in [0, 0.1) is 6.92 Å². The highest BCUT2D eigenvalue weighted by atomic mass is 35.5. The van der Waals surface area contributed by atoms with Gasteiger partial charge in [-0.05, 0) is 99.2 Å². The lowest BCUT2D eigenvalue weighted by Gasteiger charge is -2.26. The van der Waals surface area contributed by atoms with Crippen LogP contribution < -0.4 is 5.32 Å². The fourth-order valence-corrected chi connectivity index (χ4v) is 4.64. The van der Waals surface area contributed by atoms with Crippen LogP contribution in [0.1, 0.15) is 61.5 Å². The second-order valence-corrected chi connectivity index (χ2v) is 9.88. The number of allylic oxidation sites excluding steroid dienone is 3. The molecule has 1 fully saturated rings. The zero-order valence-electron chi connectivity index (χ0n) is 21.0. The molecule has 1 aliphatic heterocycles. The Balaban J connectivity index is 1.77. The number of carbonyl (C=O) groups excluding carboxylic acids is 1. The Labute approximate surface area is 210 Å². The Morgan fingerprint density at radius 1 is 1.06 bits per heavy atom. The minimum absolute atomic E-state index is 0.180. The largest absolute Gasteiger partial charge is 0.348 e. The standard InChI is InChI=1S/C30H37ClN2O/c1-6-25(22(4)16-21(2)3)19-32-30(34)28-18-27(17-23(5)29(28)31)26-12-10-24(11-13-26)20-33-14-8-7-9-15-33/h6,10-13,16-18H,1,7-9,14-15,19-20H2,2-5H3,(H,32,34)/b25-22+. The third-order valence-electron chi connectivity index (χ3n) is 6.34. The van der Waals surface area contributed by atoms with E-state index in [1.165, 1.54) is 43.5 Å². The van der Waals surface area contributed by atoms with Crippen LogP contribution in [0.25, 0.3) is 11.1 Å². The first kappa shape index (κ1) is 26.0. The monoisotopic (exact) mass is 476 g/mol. The highest BCUT2D eigenvalue weighted by Gasteiger charge is 2.16. The molecule has 0 saturated carbocycles. The van der Waals surface area contributed by atoms with E-state index in [4.69, 9.17) is 11.6 Å². The van der Waals surface area contributed by atoms with Gasteiger partial charge in [0.15, 0.2) is 0 Å². The Hall–Kier alpha value is -2.62. The molecule has 180 valence electrons. The van der Waals surface area contributed by atoms with Gasteiger partial charge in [-0.25, -0.2) is 0 Å². The first-order valence-corrected chi connectivity index (χ1v) is 12.5. The molecule has 2 aromatic carbocycles. The lowest BCUT2D eigenvalue weighted by molar-refractivity contribution is 0.0957. The van der Waals surface area contributed by atoms with Crippen molar-refractivity contribution in [2.75, 3.05) is 19.6 Å². The van der Waals surface area contributed by atoms with Gasteiger partial charge >= 0.3 is 0 Å². The van der Waals surface area contributed by atoms with Crippen molar-refractivity contribution >= 4 is 17.5 Å². The number of carbonyl (C=O) groups is 1. The van der Waals surface area contributed by atoms with E-state index in [0.717, 1.165) is 34.4 Å². The van der Waals surface area contributed by atoms with Crippen LogP contribution in [0.5, 0.6) is 0 Å². The topological polar surface area (TPSA) is 32.3 Å². The summed E-state index contributed by atoms with van der Waals surface area (Å²) >= 11 is 6.55. The lowest BCUT2D eigenvalue weighted by Crippen LogP contribution is -2.29. The SMILES string of the molecule is C=C/C(CNC(=O)c1cc(-c2ccc(CN3CCCCC3)cc2)cc(C)c1Cl)=C(/C)C=C(C)C. The highest BCUT2D eigenvalue weighted by molar-refractivity contribution is 6.34. The maximum atomic E-state index is 13.1. The van der Waals surface area contributed by atoms with Crippen LogP contribution in [0.3, 0.4) is 0 Å². The molecule has 1 heterocycles. The number of rotatable bonds is 8. The predicted octanol–water partition coefficient (Wildman–Crippen LogP) is 7.50. The van der Waals surface area contributed by atoms with Gasteiger partial charge < -0.3 is 5.32 Å². The molecule has 3 nitrogen and oxygen atoms in total. The number of nitrogens with zero attached hydrogens (tertiary/aromatic N) is 1. The summed E-state index contributed by atoms with van der Waals surface area (Å²) in [6.07, 6.45) is 7.83. The van der Waals surface area contributed by atoms with E-state index in [2.05, 4.69) is 61.0 Å². The van der Waals surface area contributed by atoms with Crippen molar-refractivity contribution in [3.05, 3.63) is 93.6 Å². The Morgan fingerprint density at radius 3 is 2.35 bits per heavy atom. The second kappa shape index (κ2) is 12.2. The molecule has 1 saturated heterocycles. The molecule has 1 aliphatic rings. The van der Waals surface area contributed by atoms with Crippen LogP contribution in [0.15, 0.2) is 71.8 Å². The third kappa shape index (κ3) is 6.94. The molecule has 0 aliphatic carbocycles. The fraction of sp³-hybridized carbons (Fsp3) is 0.367. The number of piperidine rings is 1. The number of hydrogen-bond acceptors (Lipinski definition) is 2. The Morgan fingerprint density at radius 2 is 1.74 bits per heavy atom. The molecule has 0 spiro atoms. The molecule has 1 N–H and O–H groups in total. The molecule has 0 aromatic heterocycles. The van der Waals surface area contributed by atoms with Gasteiger partial charge in [0.05, 0.1) is 10.6 Å². The van der Waals surface area contributed by atoms with Gasteiger partial charge in [0.2, 0.25) is 0 Å². The first-order chi connectivity index (χ1) is 16.3. The molecule has 1 amide bonds. The number of halogens is 1. The molecule has 34 heavy (non-hydrogen) atoms. The smallest absolute Gasteiger partial charge is 0.253 e. The summed E-state index contributed by atoms with van der Waals surface area (Å²) in [7, 11) is 0. The van der Waals surface area contributed by atoms with Gasteiger partial charge in [-0.2, -0.15) is 0 Å². The van der Waals surface area contributed by atoms with Crippen molar-refractivity contribution in [2.24, 2.45) is 0 Å². The number of aryl methyl sites for hydroxylation is 1. The van der Waals surface area contributed by atoms with Crippen LogP contribution >= 0.6 is 11.6 Å². The summed E-state index contributed by atoms with van der Waals surface area (Å²) in [4.78, 5) is 15.6. The van der Waals surface area contributed by atoms with Gasteiger partial charge in [-0.3, -0.25) is 9.69 Å². The fourth-order valence-electron chi connectivity index (χ4n) is 4.45. The summed E-state index contributed by atoms with van der Waals surface area (Å²) < 4.78 is 0. The summed E-state index contributed by atoms with van der Waals surface area (Å²) in [5, 5.41) is 3.51. The van der Waals surface area contributed by atoms with Crippen molar-refractivity contribution in [1.29, 1.82) is 0 Å². The van der Waals surface area contributed by atoms with E-state index in [-0.39, 0.29) is 5.91 Å². The summed E-state index contributed by atoms with van der Waals surface area (Å²) in [5.41, 5.74) is 8.08. The summed E-state index contributed by atoms with van der Waals surface area (Å²) in [6, 6.07) is 12.6. The maximum Gasteiger partial charge on any atom is 0.253 e. The summed E-state index contributed by atoms with van der Waals surface area (Å²) in [5.74, 6) is -0.180. The maximum absolute atomic E-state index is 13.1. The van der Waals surface area contributed by atoms with Gasteiger partial charge in [0.25, 0.3) is 5.91 Å². The third-order valence-corrected chi connectivity index (χ3v) is 6.84. The van der Waals surface area contributed by atoms with E-state index >= 15 is 0 Å². The molecule has 3 rings (SSSR count). The lowest BCUT2D eigenvalue weighted by atomic mass is 9.98. The normalized spacial score (nSPS) is 14.9. The minimum Gasteiger partial charge on any atom is -0.348 e. The van der Waals surface area contributed by atoms with E-state index in [0.29, 0.717) is 17.1 Å². The first-order valence-electron chi connectivity index (χ1n) is 12.2. The van der Waals surface area contributed by atoms with E-state index in [1.807, 2.05) is 26.0 Å². The number of amides is 1. The summed E-state index contributed by atoms with van der Waals surface area (Å²) in [6.45, 7) is 15.8. The zero-order valence-corrected chi connectivity index (χ0v) is 21.8. The average molecular weight is 477 g/mol.